The van der Waals surface area contributed by atoms with Crippen LogP contribution in [0.25, 0.3) is 0 Å². The Labute approximate surface area is 351 Å². The first-order chi connectivity index (χ1) is 28.3. The molecule has 0 saturated heterocycles. The van der Waals surface area contributed by atoms with Gasteiger partial charge in [0.2, 0.25) is 41.4 Å². The van der Waals surface area contributed by atoms with Gasteiger partial charge in [0.15, 0.2) is 0 Å². The summed E-state index contributed by atoms with van der Waals surface area (Å²) in [5.41, 5.74) is 1.04. The summed E-state index contributed by atoms with van der Waals surface area (Å²) in [5, 5.41) is 37.8. The molecule has 0 aliphatic rings. The third kappa shape index (κ3) is 16.6. The zero-order valence-electron chi connectivity index (χ0n) is 35.5. The van der Waals surface area contributed by atoms with Crippen molar-refractivity contribution in [1.82, 2.24) is 37.2 Å². The van der Waals surface area contributed by atoms with Crippen molar-refractivity contribution in [1.29, 1.82) is 0 Å². The third-order valence-electron chi connectivity index (χ3n) is 9.35. The maximum atomic E-state index is 14.0. The number of amides is 7. The number of hydrogen-bond donors (Lipinski definition) is 9. The molecule has 2 aromatic carbocycles. The third-order valence-corrected chi connectivity index (χ3v) is 9.35. The van der Waals surface area contributed by atoms with Gasteiger partial charge in [-0.05, 0) is 50.2 Å². The fraction of sp³-hybridized carbons (Fsp3) is 0.488. The highest BCUT2D eigenvalue weighted by Gasteiger charge is 2.35. The number of carboxylic acids is 1. The van der Waals surface area contributed by atoms with Gasteiger partial charge in [0.1, 0.15) is 41.9 Å². The molecule has 17 nitrogen and oxygen atoms in total. The first kappa shape index (κ1) is 50.0. The van der Waals surface area contributed by atoms with Crippen molar-refractivity contribution in [3.05, 3.63) is 83.6 Å². The Morgan fingerprint density at radius 3 is 1.48 bits per heavy atom. The zero-order valence-corrected chi connectivity index (χ0v) is 35.5. The van der Waals surface area contributed by atoms with E-state index in [-0.39, 0.29) is 37.5 Å². The summed E-state index contributed by atoms with van der Waals surface area (Å²) >= 11 is 0. The highest BCUT2D eigenvalue weighted by Crippen LogP contribution is 2.12. The smallest absolute Gasteiger partial charge is 0.352 e. The van der Waals surface area contributed by atoms with Crippen molar-refractivity contribution >= 4 is 47.3 Å². The number of carbonyl (C=O) groups is 8. The maximum Gasteiger partial charge on any atom is 0.352 e. The summed E-state index contributed by atoms with van der Waals surface area (Å²) in [6.07, 6.45) is 0.0946. The van der Waals surface area contributed by atoms with E-state index in [1.54, 1.807) is 63.2 Å². The molecular formula is C43H61N7O10. The van der Waals surface area contributed by atoms with E-state index in [4.69, 9.17) is 0 Å². The zero-order chi connectivity index (χ0) is 45.1. The van der Waals surface area contributed by atoms with E-state index in [2.05, 4.69) is 37.2 Å². The average molecular weight is 836 g/mol. The van der Waals surface area contributed by atoms with E-state index in [0.717, 1.165) is 5.56 Å². The van der Waals surface area contributed by atoms with Crippen LogP contribution in [0.4, 0.5) is 0 Å². The van der Waals surface area contributed by atoms with Crippen molar-refractivity contribution in [2.45, 2.75) is 123 Å². The van der Waals surface area contributed by atoms with E-state index < -0.39 is 95.4 Å². The number of aliphatic hydroxyl groups is 1. The van der Waals surface area contributed by atoms with Crippen LogP contribution >= 0.6 is 0 Å². The fourth-order valence-electron chi connectivity index (χ4n) is 5.96. The molecule has 0 heterocycles. The quantitative estimate of drug-likeness (QED) is 0.0718. The van der Waals surface area contributed by atoms with Gasteiger partial charge in [-0.2, -0.15) is 0 Å². The van der Waals surface area contributed by atoms with Gasteiger partial charge in [0.25, 0.3) is 0 Å². The van der Waals surface area contributed by atoms with Crippen LogP contribution in [0.2, 0.25) is 0 Å². The summed E-state index contributed by atoms with van der Waals surface area (Å²) in [5.74, 6) is -7.09. The number of hydrogen-bond acceptors (Lipinski definition) is 9. The van der Waals surface area contributed by atoms with Crippen LogP contribution in [-0.4, -0.2) is 99.9 Å². The van der Waals surface area contributed by atoms with Gasteiger partial charge in [0.05, 0.1) is 6.10 Å². The average Bonchev–Trinajstić information content (AvgIpc) is 3.19. The second-order valence-corrected chi connectivity index (χ2v) is 15.3. The Morgan fingerprint density at radius 1 is 0.583 bits per heavy atom. The lowest BCUT2D eigenvalue weighted by Gasteiger charge is -2.29. The van der Waals surface area contributed by atoms with Crippen LogP contribution < -0.4 is 37.2 Å². The highest BCUT2D eigenvalue weighted by atomic mass is 16.4. The predicted octanol–water partition coefficient (Wildman–Crippen LogP) is 0.998. The standard InChI is InChI=1S/C43H61N7O10/c1-9-30(43(59)60)46-37(53)26(7)44-41(57)35(25(5)6)49-42(58)36(27(8)51)50-40(56)33(23-29-19-15-12-16-20-29)48-38(54)31(21-24(3)4)47-39(55)32(45-34(52)10-2)22-28-17-13-11-14-18-28/h9,11-20,24-27,31-33,35-36,51H,10,21-23H2,1-8H3,(H,44,57)(H,45,52)(H,46,53)(H,47,55)(H,48,54)(H,49,58)(H,50,56)(H,59,60)/b30-9-/t26-,27+,31+,32-,33-,35-,36+/m0/s1. The molecule has 2 aromatic rings. The van der Waals surface area contributed by atoms with Gasteiger partial charge in [-0.1, -0.05) is 101 Å². The van der Waals surface area contributed by atoms with E-state index in [1.165, 1.54) is 26.8 Å². The van der Waals surface area contributed by atoms with Crippen LogP contribution in [-0.2, 0) is 51.2 Å². The first-order valence-corrected chi connectivity index (χ1v) is 20.0. The molecule has 0 bridgehead atoms. The Hall–Kier alpha value is -6.10. The molecule has 0 saturated carbocycles. The Morgan fingerprint density at radius 2 is 1.03 bits per heavy atom. The number of allylic oxidation sites excluding steroid dienone is 1. The number of nitrogens with one attached hydrogen (secondary N) is 7. The van der Waals surface area contributed by atoms with Gasteiger partial charge in [-0.3, -0.25) is 33.6 Å². The molecular weight excluding hydrogens is 775 g/mol. The lowest BCUT2D eigenvalue weighted by Crippen LogP contribution is -2.62. The topological polar surface area (TPSA) is 261 Å². The molecule has 2 rings (SSSR count). The number of rotatable bonds is 23. The normalized spacial score (nSPS) is 14.9. The molecule has 7 atom stereocenters. The first-order valence-electron chi connectivity index (χ1n) is 20.0. The molecule has 7 amide bonds. The van der Waals surface area contributed by atoms with E-state index in [1.807, 2.05) is 32.0 Å². The van der Waals surface area contributed by atoms with Crippen LogP contribution in [0, 0.1) is 11.8 Å². The van der Waals surface area contributed by atoms with Crippen LogP contribution in [0.1, 0.15) is 79.4 Å². The van der Waals surface area contributed by atoms with Gasteiger partial charge >= 0.3 is 5.97 Å². The minimum Gasteiger partial charge on any atom is -0.477 e. The molecule has 60 heavy (non-hydrogen) atoms. The summed E-state index contributed by atoms with van der Waals surface area (Å²) in [6, 6.07) is 10.2. The van der Waals surface area contributed by atoms with E-state index >= 15 is 0 Å². The number of benzene rings is 2. The van der Waals surface area contributed by atoms with Crippen LogP contribution in [0.3, 0.4) is 0 Å². The molecule has 0 aliphatic heterocycles. The summed E-state index contributed by atoms with van der Waals surface area (Å²) in [6.45, 7) is 12.6. The van der Waals surface area contributed by atoms with Gasteiger partial charge in [-0.15, -0.1) is 0 Å². The van der Waals surface area contributed by atoms with E-state index in [9.17, 15) is 48.6 Å². The van der Waals surface area contributed by atoms with Crippen molar-refractivity contribution < 1.29 is 48.6 Å². The largest absolute Gasteiger partial charge is 0.477 e. The van der Waals surface area contributed by atoms with Gasteiger partial charge in [-0.25, -0.2) is 4.79 Å². The summed E-state index contributed by atoms with van der Waals surface area (Å²) < 4.78 is 0. The summed E-state index contributed by atoms with van der Waals surface area (Å²) in [4.78, 5) is 105. The van der Waals surface area contributed by atoms with Crippen molar-refractivity contribution in [3.63, 3.8) is 0 Å². The monoisotopic (exact) mass is 835 g/mol. The van der Waals surface area contributed by atoms with Crippen molar-refractivity contribution in [2.75, 3.05) is 0 Å². The predicted molar refractivity (Wildman–Crippen MR) is 223 cm³/mol. The molecule has 0 spiro atoms. The minimum atomic E-state index is -1.62. The molecule has 17 heteroatoms. The Balaban J connectivity index is 2.34. The highest BCUT2D eigenvalue weighted by molar-refractivity contribution is 5.98. The van der Waals surface area contributed by atoms with E-state index in [0.29, 0.717) is 5.56 Å². The fourth-order valence-corrected chi connectivity index (χ4v) is 5.96. The minimum absolute atomic E-state index is 0.0497. The Kier molecular flexibility index (Phi) is 20.6. The number of aliphatic hydroxyl groups excluding tert-OH is 1. The van der Waals surface area contributed by atoms with Crippen LogP contribution in [0.5, 0.6) is 0 Å². The number of carbonyl (C=O) groups excluding carboxylic acids is 7. The molecule has 0 radical (unpaired) electrons. The Bertz CT molecular complexity index is 1820. The van der Waals surface area contributed by atoms with Gasteiger partial charge < -0.3 is 47.4 Å². The molecule has 0 fully saturated rings. The van der Waals surface area contributed by atoms with Crippen LogP contribution in [0.15, 0.2) is 72.4 Å². The lowest BCUT2D eigenvalue weighted by atomic mass is 9.99. The summed E-state index contributed by atoms with van der Waals surface area (Å²) in [7, 11) is 0. The molecule has 0 unspecified atom stereocenters. The maximum absolute atomic E-state index is 14.0. The molecule has 0 aliphatic carbocycles. The number of aliphatic carboxylic acids is 1. The second kappa shape index (κ2) is 24.7. The second-order valence-electron chi connectivity index (χ2n) is 15.3. The molecule has 0 aromatic heterocycles. The van der Waals surface area contributed by atoms with Crippen molar-refractivity contribution in [3.8, 4) is 0 Å². The molecule has 328 valence electrons. The lowest BCUT2D eigenvalue weighted by molar-refractivity contribution is -0.137. The SMILES string of the molecule is C/C=C(\NC(=O)[C@H](C)NC(=O)[C@@H](NC(=O)[C@H](NC(=O)[C@H](Cc1ccccc1)NC(=O)[C@@H](CC(C)C)NC(=O)[C@H](Cc1ccccc1)NC(=O)CC)[C@@H](C)O)C(C)C)C(=O)O. The number of carboxylic acid groups (broad SMARTS) is 1. The van der Waals surface area contributed by atoms with Gasteiger partial charge in [0, 0.05) is 19.3 Å². The molecule has 9 N–H and O–H groups in total. The van der Waals surface area contributed by atoms with Crippen molar-refractivity contribution in [2.24, 2.45) is 11.8 Å².